The first kappa shape index (κ1) is 27.5. The van der Waals surface area contributed by atoms with Gasteiger partial charge in [0.2, 0.25) is 5.91 Å². The Morgan fingerprint density at radius 1 is 1.06 bits per heavy atom. The quantitative estimate of drug-likeness (QED) is 0.230. The Morgan fingerprint density at radius 2 is 1.69 bits per heavy atom. The van der Waals surface area contributed by atoms with E-state index in [2.05, 4.69) is 5.32 Å². The molecule has 0 aromatic heterocycles. The number of aliphatic hydroxyl groups excluding tert-OH is 1. The predicted octanol–water partition coefficient (Wildman–Crippen LogP) is 1.04. The maximum absolute atomic E-state index is 12.1. The van der Waals surface area contributed by atoms with Gasteiger partial charge in [-0.25, -0.2) is 9.59 Å². The molecular formula is C21H31NO9S. The largest absolute Gasteiger partial charge is 0.464 e. The van der Waals surface area contributed by atoms with Gasteiger partial charge in [-0.3, -0.25) is 8.98 Å². The molecule has 1 rings (SSSR count). The van der Waals surface area contributed by atoms with Crippen molar-refractivity contribution in [2.24, 2.45) is 5.41 Å². The summed E-state index contributed by atoms with van der Waals surface area (Å²) in [6.07, 6.45) is -1.22. The van der Waals surface area contributed by atoms with E-state index in [4.69, 9.17) is 13.7 Å². The fourth-order valence-electron chi connectivity index (χ4n) is 2.34. The molecular weight excluding hydrogens is 442 g/mol. The number of ether oxygens (including phenoxy) is 2. The summed E-state index contributed by atoms with van der Waals surface area (Å²) in [6, 6.07) is 8.43. The Balaban J connectivity index is 2.33. The molecule has 0 bridgehead atoms. The Hall–Kier alpha value is -2.50. The van der Waals surface area contributed by atoms with Crippen molar-refractivity contribution in [3.63, 3.8) is 0 Å². The molecule has 0 aliphatic rings. The van der Waals surface area contributed by atoms with E-state index in [0.29, 0.717) is 5.56 Å². The first-order chi connectivity index (χ1) is 14.9. The van der Waals surface area contributed by atoms with Crippen LogP contribution in [0.15, 0.2) is 30.3 Å². The van der Waals surface area contributed by atoms with Gasteiger partial charge in [-0.15, -0.1) is 0 Å². The first-order valence-corrected chi connectivity index (χ1v) is 11.7. The normalized spacial score (nSPS) is 12.6. The molecule has 1 aromatic carbocycles. The molecule has 0 aliphatic heterocycles. The molecule has 2 N–H and O–H groups in total. The molecule has 0 fully saturated rings. The molecule has 1 aromatic rings. The fraction of sp³-hybridized carbons (Fsp3) is 0.571. The molecule has 0 unspecified atom stereocenters. The average molecular weight is 474 g/mol. The van der Waals surface area contributed by atoms with Crippen molar-refractivity contribution in [1.29, 1.82) is 0 Å². The van der Waals surface area contributed by atoms with Crippen molar-refractivity contribution >= 4 is 28.0 Å². The van der Waals surface area contributed by atoms with E-state index < -0.39 is 40.2 Å². The lowest BCUT2D eigenvalue weighted by Crippen LogP contribution is -2.41. The van der Waals surface area contributed by atoms with Crippen LogP contribution in [0.25, 0.3) is 0 Å². The molecule has 0 heterocycles. The topological polar surface area (TPSA) is 145 Å². The second-order valence-corrected chi connectivity index (χ2v) is 9.53. The number of amides is 1. The molecule has 1 atom stereocenters. The van der Waals surface area contributed by atoms with Crippen molar-refractivity contribution in [3.05, 3.63) is 35.9 Å². The maximum Gasteiger partial charge on any atom is 0.338 e. The summed E-state index contributed by atoms with van der Waals surface area (Å²) in [5.41, 5.74) is -0.826. The minimum Gasteiger partial charge on any atom is -0.464 e. The Morgan fingerprint density at radius 3 is 2.31 bits per heavy atom. The van der Waals surface area contributed by atoms with Crippen LogP contribution in [0.1, 0.15) is 44.0 Å². The highest BCUT2D eigenvalue weighted by Crippen LogP contribution is 2.23. The SMILES string of the molecule is CC(=O)NCCCS(=O)(=O)OCC(C)(C)[C@@H](O)C(=O)OCCCOC(=O)c1ccccc1. The maximum atomic E-state index is 12.1. The highest BCUT2D eigenvalue weighted by atomic mass is 32.2. The van der Waals surface area contributed by atoms with Gasteiger partial charge < -0.3 is 19.9 Å². The number of carbonyl (C=O) groups is 3. The van der Waals surface area contributed by atoms with Crippen molar-refractivity contribution < 1.29 is 41.6 Å². The van der Waals surface area contributed by atoms with Crippen LogP contribution in [0.4, 0.5) is 0 Å². The summed E-state index contributed by atoms with van der Waals surface area (Å²) in [5, 5.41) is 12.7. The number of rotatable bonds is 14. The third-order valence-electron chi connectivity index (χ3n) is 4.29. The van der Waals surface area contributed by atoms with Gasteiger partial charge in [-0.1, -0.05) is 32.0 Å². The lowest BCUT2D eigenvalue weighted by molar-refractivity contribution is -0.161. The van der Waals surface area contributed by atoms with Crippen LogP contribution in [-0.2, 0) is 33.4 Å². The lowest BCUT2D eigenvalue weighted by atomic mass is 9.88. The Kier molecular flexibility index (Phi) is 11.3. The van der Waals surface area contributed by atoms with E-state index in [1.165, 1.54) is 20.8 Å². The zero-order valence-electron chi connectivity index (χ0n) is 18.5. The van der Waals surface area contributed by atoms with Crippen LogP contribution in [0.2, 0.25) is 0 Å². The number of nitrogens with one attached hydrogen (secondary N) is 1. The summed E-state index contributed by atoms with van der Waals surface area (Å²) in [7, 11) is -3.89. The van der Waals surface area contributed by atoms with Gasteiger partial charge >= 0.3 is 11.9 Å². The van der Waals surface area contributed by atoms with Gasteiger partial charge in [0.25, 0.3) is 10.1 Å². The highest BCUT2D eigenvalue weighted by molar-refractivity contribution is 7.86. The third-order valence-corrected chi connectivity index (χ3v) is 5.56. The van der Waals surface area contributed by atoms with E-state index in [9.17, 15) is 27.9 Å². The van der Waals surface area contributed by atoms with Crippen LogP contribution in [0.5, 0.6) is 0 Å². The van der Waals surface area contributed by atoms with Gasteiger partial charge in [0, 0.05) is 25.3 Å². The van der Waals surface area contributed by atoms with E-state index in [0.717, 1.165) is 0 Å². The number of hydrogen-bond acceptors (Lipinski definition) is 9. The smallest absolute Gasteiger partial charge is 0.338 e. The van der Waals surface area contributed by atoms with Crippen molar-refractivity contribution in [2.45, 2.75) is 39.7 Å². The minimum atomic E-state index is -3.89. The van der Waals surface area contributed by atoms with E-state index in [-0.39, 0.29) is 44.3 Å². The summed E-state index contributed by atoms with van der Waals surface area (Å²) >= 11 is 0. The average Bonchev–Trinajstić information content (AvgIpc) is 2.75. The van der Waals surface area contributed by atoms with Gasteiger partial charge in [0.1, 0.15) is 0 Å². The van der Waals surface area contributed by atoms with Crippen LogP contribution >= 0.6 is 0 Å². The second-order valence-electron chi connectivity index (χ2n) is 7.77. The zero-order valence-corrected chi connectivity index (χ0v) is 19.4. The van der Waals surface area contributed by atoms with Gasteiger partial charge in [0.05, 0.1) is 31.1 Å². The predicted molar refractivity (Wildman–Crippen MR) is 115 cm³/mol. The van der Waals surface area contributed by atoms with Crippen LogP contribution in [0, 0.1) is 5.41 Å². The third kappa shape index (κ3) is 10.7. The number of esters is 2. The molecule has 1 amide bonds. The van der Waals surface area contributed by atoms with Crippen LogP contribution in [0.3, 0.4) is 0 Å². The fourth-order valence-corrected chi connectivity index (χ4v) is 3.44. The number of carbonyl (C=O) groups excluding carboxylic acids is 3. The highest BCUT2D eigenvalue weighted by Gasteiger charge is 2.36. The number of aliphatic hydroxyl groups is 1. The monoisotopic (exact) mass is 473 g/mol. The van der Waals surface area contributed by atoms with Crippen molar-refractivity contribution in [2.75, 3.05) is 32.1 Å². The number of benzene rings is 1. The van der Waals surface area contributed by atoms with Gasteiger partial charge in [-0.05, 0) is 18.6 Å². The second kappa shape index (κ2) is 13.1. The first-order valence-electron chi connectivity index (χ1n) is 10.1. The van der Waals surface area contributed by atoms with Crippen molar-refractivity contribution in [3.8, 4) is 0 Å². The standard InChI is InChI=1S/C21H31NO9S/c1-16(23)22-11-7-14-32(27,28)31-15-21(2,3)18(24)20(26)30-13-8-12-29-19(25)17-9-5-4-6-10-17/h4-6,9-10,18,24H,7-8,11-15H2,1-3H3,(H,22,23)/t18-/m0/s1. The number of hydrogen-bond donors (Lipinski definition) is 2. The van der Waals surface area contributed by atoms with Crippen molar-refractivity contribution in [1.82, 2.24) is 5.32 Å². The van der Waals surface area contributed by atoms with Crippen LogP contribution < -0.4 is 5.32 Å². The molecule has 0 radical (unpaired) electrons. The Bertz CT molecular complexity index is 853. The molecule has 0 saturated heterocycles. The van der Waals surface area contributed by atoms with E-state index >= 15 is 0 Å². The molecule has 0 spiro atoms. The van der Waals surface area contributed by atoms with E-state index in [1.807, 2.05) is 0 Å². The minimum absolute atomic E-state index is 0.0281. The molecule has 32 heavy (non-hydrogen) atoms. The summed E-state index contributed by atoms with van der Waals surface area (Å²) in [5.74, 6) is -2.00. The molecule has 11 heteroatoms. The summed E-state index contributed by atoms with van der Waals surface area (Å²) in [6.45, 7) is 3.96. The van der Waals surface area contributed by atoms with Crippen LogP contribution in [-0.4, -0.2) is 69.6 Å². The van der Waals surface area contributed by atoms with E-state index in [1.54, 1.807) is 30.3 Å². The summed E-state index contributed by atoms with van der Waals surface area (Å²) in [4.78, 5) is 34.7. The molecule has 0 aliphatic carbocycles. The molecule has 0 saturated carbocycles. The molecule has 180 valence electrons. The lowest BCUT2D eigenvalue weighted by Gasteiger charge is -2.28. The van der Waals surface area contributed by atoms with Gasteiger partial charge in [0.15, 0.2) is 6.10 Å². The zero-order chi connectivity index (χ0) is 24.2. The Labute approximate surface area is 188 Å². The van der Waals surface area contributed by atoms with Gasteiger partial charge in [-0.2, -0.15) is 8.42 Å². The molecule has 10 nitrogen and oxygen atoms in total. The summed E-state index contributed by atoms with van der Waals surface area (Å²) < 4.78 is 38.9.